The lowest BCUT2D eigenvalue weighted by atomic mass is 10.2. The van der Waals surface area contributed by atoms with Crippen LogP contribution in [-0.2, 0) is 6.61 Å². The molecule has 1 heterocycles. The SMILES string of the molecule is COc1cc(Br)ncc1OCc1ccccc1.Cl. The lowest BCUT2D eigenvalue weighted by Crippen LogP contribution is -1.98. The van der Waals surface area contributed by atoms with Crippen LogP contribution in [0.3, 0.4) is 0 Å². The summed E-state index contributed by atoms with van der Waals surface area (Å²) >= 11 is 3.29. The van der Waals surface area contributed by atoms with E-state index in [1.54, 1.807) is 19.4 Å². The Morgan fingerprint density at radius 1 is 1.17 bits per heavy atom. The number of methoxy groups -OCH3 is 1. The Kier molecular flexibility index (Phi) is 5.95. The smallest absolute Gasteiger partial charge is 0.179 e. The highest BCUT2D eigenvalue weighted by molar-refractivity contribution is 9.10. The van der Waals surface area contributed by atoms with Gasteiger partial charge in [-0.1, -0.05) is 30.3 Å². The summed E-state index contributed by atoms with van der Waals surface area (Å²) < 4.78 is 11.6. The molecule has 1 aromatic heterocycles. The summed E-state index contributed by atoms with van der Waals surface area (Å²) in [5.74, 6) is 1.31. The summed E-state index contributed by atoms with van der Waals surface area (Å²) in [6.45, 7) is 0.501. The van der Waals surface area contributed by atoms with Gasteiger partial charge < -0.3 is 9.47 Å². The first kappa shape index (κ1) is 14.8. The first-order chi connectivity index (χ1) is 8.29. The molecule has 0 atom stereocenters. The number of nitrogens with zero attached hydrogens (tertiary/aromatic N) is 1. The van der Waals surface area contributed by atoms with Gasteiger partial charge in [-0.25, -0.2) is 4.98 Å². The minimum Gasteiger partial charge on any atom is -0.493 e. The zero-order chi connectivity index (χ0) is 12.1. The third-order valence-corrected chi connectivity index (χ3v) is 2.69. The fourth-order valence-corrected chi connectivity index (χ4v) is 1.71. The molecule has 0 bridgehead atoms. The summed E-state index contributed by atoms with van der Waals surface area (Å²) in [7, 11) is 1.61. The summed E-state index contributed by atoms with van der Waals surface area (Å²) in [5, 5.41) is 0. The third kappa shape index (κ3) is 3.89. The van der Waals surface area contributed by atoms with Gasteiger partial charge in [0.1, 0.15) is 11.2 Å². The van der Waals surface area contributed by atoms with E-state index in [0.29, 0.717) is 18.1 Å². The maximum absolute atomic E-state index is 5.66. The van der Waals surface area contributed by atoms with E-state index < -0.39 is 0 Å². The highest BCUT2D eigenvalue weighted by atomic mass is 79.9. The quantitative estimate of drug-likeness (QED) is 0.798. The molecule has 1 aromatic carbocycles. The lowest BCUT2D eigenvalue weighted by molar-refractivity contribution is 0.283. The van der Waals surface area contributed by atoms with Gasteiger partial charge in [0, 0.05) is 6.07 Å². The molecule has 3 nitrogen and oxygen atoms in total. The predicted octanol–water partition coefficient (Wildman–Crippen LogP) is 3.85. The molecule has 0 N–H and O–H groups in total. The van der Waals surface area contributed by atoms with Gasteiger partial charge in [-0.15, -0.1) is 12.4 Å². The first-order valence-electron chi connectivity index (χ1n) is 5.16. The Bertz CT molecular complexity index is 494. The summed E-state index contributed by atoms with van der Waals surface area (Å²) in [5.41, 5.74) is 1.11. The number of rotatable bonds is 4. The third-order valence-electron chi connectivity index (χ3n) is 2.26. The van der Waals surface area contributed by atoms with Crippen molar-refractivity contribution in [1.82, 2.24) is 4.98 Å². The van der Waals surface area contributed by atoms with E-state index in [9.17, 15) is 0 Å². The van der Waals surface area contributed by atoms with Crippen LogP contribution in [0.5, 0.6) is 11.5 Å². The first-order valence-corrected chi connectivity index (χ1v) is 5.95. The van der Waals surface area contributed by atoms with E-state index in [2.05, 4.69) is 20.9 Å². The van der Waals surface area contributed by atoms with Crippen molar-refractivity contribution in [3.63, 3.8) is 0 Å². The number of pyridine rings is 1. The van der Waals surface area contributed by atoms with Crippen LogP contribution < -0.4 is 9.47 Å². The van der Waals surface area contributed by atoms with Crippen LogP contribution in [0.4, 0.5) is 0 Å². The molecule has 5 heteroatoms. The molecule has 2 aromatic rings. The number of benzene rings is 1. The second-order valence-corrected chi connectivity index (χ2v) is 4.24. The van der Waals surface area contributed by atoms with E-state index in [4.69, 9.17) is 9.47 Å². The highest BCUT2D eigenvalue weighted by Crippen LogP contribution is 2.28. The average Bonchev–Trinajstić information content (AvgIpc) is 2.38. The fourth-order valence-electron chi connectivity index (χ4n) is 1.40. The Labute approximate surface area is 121 Å². The molecular weight excluding hydrogens is 318 g/mol. The molecule has 0 aliphatic rings. The van der Waals surface area contributed by atoms with Crippen molar-refractivity contribution >= 4 is 28.3 Å². The van der Waals surface area contributed by atoms with Gasteiger partial charge in [0.25, 0.3) is 0 Å². The van der Waals surface area contributed by atoms with E-state index in [1.165, 1.54) is 0 Å². The number of aromatic nitrogens is 1. The second-order valence-electron chi connectivity index (χ2n) is 3.43. The van der Waals surface area contributed by atoms with E-state index in [-0.39, 0.29) is 12.4 Å². The molecule has 0 amide bonds. The number of hydrogen-bond acceptors (Lipinski definition) is 3. The maximum atomic E-state index is 5.66. The molecule has 0 radical (unpaired) electrons. The summed E-state index contributed by atoms with van der Waals surface area (Å²) in [6.07, 6.45) is 1.64. The second kappa shape index (κ2) is 7.24. The van der Waals surface area contributed by atoms with E-state index in [1.807, 2.05) is 30.3 Å². The standard InChI is InChI=1S/C13H12BrNO2.ClH/c1-16-11-7-13(14)15-8-12(11)17-9-10-5-3-2-4-6-10;/h2-8H,9H2,1H3;1H. The minimum absolute atomic E-state index is 0. The molecule has 2 rings (SSSR count). The van der Waals surface area contributed by atoms with Crippen molar-refractivity contribution in [2.45, 2.75) is 6.61 Å². The van der Waals surface area contributed by atoms with Crippen LogP contribution in [0.2, 0.25) is 0 Å². The van der Waals surface area contributed by atoms with Crippen molar-refractivity contribution in [2.24, 2.45) is 0 Å². The van der Waals surface area contributed by atoms with Gasteiger partial charge in [-0.2, -0.15) is 0 Å². The van der Waals surface area contributed by atoms with Gasteiger partial charge in [-0.05, 0) is 21.5 Å². The van der Waals surface area contributed by atoms with Gasteiger partial charge in [0.15, 0.2) is 11.5 Å². The van der Waals surface area contributed by atoms with Crippen molar-refractivity contribution in [1.29, 1.82) is 0 Å². The molecule has 0 aliphatic carbocycles. The Hall–Kier alpha value is -1.26. The monoisotopic (exact) mass is 329 g/mol. The number of hydrogen-bond donors (Lipinski definition) is 0. The van der Waals surface area contributed by atoms with Crippen LogP contribution in [0.25, 0.3) is 0 Å². The van der Waals surface area contributed by atoms with E-state index in [0.717, 1.165) is 10.2 Å². The zero-order valence-electron chi connectivity index (χ0n) is 9.80. The highest BCUT2D eigenvalue weighted by Gasteiger charge is 2.05. The molecule has 0 aliphatic heterocycles. The largest absolute Gasteiger partial charge is 0.493 e. The van der Waals surface area contributed by atoms with Crippen LogP contribution in [0, 0.1) is 0 Å². The van der Waals surface area contributed by atoms with Crippen molar-refractivity contribution in [3.05, 3.63) is 52.8 Å². The summed E-state index contributed by atoms with van der Waals surface area (Å²) in [6, 6.07) is 11.7. The van der Waals surface area contributed by atoms with Crippen molar-refractivity contribution in [2.75, 3.05) is 7.11 Å². The molecule has 18 heavy (non-hydrogen) atoms. The minimum atomic E-state index is 0. The van der Waals surface area contributed by atoms with Crippen LogP contribution in [0.1, 0.15) is 5.56 Å². The topological polar surface area (TPSA) is 31.4 Å². The Morgan fingerprint density at radius 3 is 2.56 bits per heavy atom. The Balaban J connectivity index is 0.00000162. The molecular formula is C13H13BrClNO2. The van der Waals surface area contributed by atoms with E-state index >= 15 is 0 Å². The fraction of sp³-hybridized carbons (Fsp3) is 0.154. The van der Waals surface area contributed by atoms with Crippen LogP contribution in [-0.4, -0.2) is 12.1 Å². The molecule has 0 saturated carbocycles. The van der Waals surface area contributed by atoms with Gasteiger partial charge in [0.05, 0.1) is 13.3 Å². The van der Waals surface area contributed by atoms with Crippen molar-refractivity contribution < 1.29 is 9.47 Å². The molecule has 0 unspecified atom stereocenters. The summed E-state index contributed by atoms with van der Waals surface area (Å²) in [4.78, 5) is 4.11. The average molecular weight is 331 g/mol. The molecule has 0 spiro atoms. The van der Waals surface area contributed by atoms with Crippen LogP contribution in [0.15, 0.2) is 47.2 Å². The number of halogens is 2. The normalized spacial score (nSPS) is 9.44. The zero-order valence-corrected chi connectivity index (χ0v) is 12.2. The van der Waals surface area contributed by atoms with Gasteiger partial charge in [0.2, 0.25) is 0 Å². The molecule has 0 fully saturated rings. The lowest BCUT2D eigenvalue weighted by Gasteiger charge is -2.10. The predicted molar refractivity (Wildman–Crippen MR) is 76.5 cm³/mol. The Morgan fingerprint density at radius 2 is 1.89 bits per heavy atom. The van der Waals surface area contributed by atoms with Crippen molar-refractivity contribution in [3.8, 4) is 11.5 Å². The van der Waals surface area contributed by atoms with Crippen LogP contribution >= 0.6 is 28.3 Å². The molecule has 96 valence electrons. The maximum Gasteiger partial charge on any atom is 0.179 e. The van der Waals surface area contributed by atoms with Gasteiger partial charge >= 0.3 is 0 Å². The van der Waals surface area contributed by atoms with Gasteiger partial charge in [-0.3, -0.25) is 0 Å². The number of ether oxygens (including phenoxy) is 2. The molecule has 0 saturated heterocycles.